The Morgan fingerprint density at radius 1 is 1.25 bits per heavy atom. The second-order valence-electron chi connectivity index (χ2n) is 7.63. The lowest BCUT2D eigenvalue weighted by Crippen LogP contribution is -2.40. The zero-order chi connectivity index (χ0) is 22.5. The van der Waals surface area contributed by atoms with Crippen molar-refractivity contribution in [1.82, 2.24) is 9.88 Å². The van der Waals surface area contributed by atoms with Crippen molar-refractivity contribution in [2.24, 2.45) is 0 Å². The maximum absolute atomic E-state index is 13.1. The third-order valence-electron chi connectivity index (χ3n) is 5.35. The highest BCUT2D eigenvalue weighted by molar-refractivity contribution is 7.23. The van der Waals surface area contributed by atoms with Crippen LogP contribution in [0.5, 0.6) is 5.75 Å². The maximum Gasteiger partial charge on any atom is 0.266 e. The zero-order valence-electron chi connectivity index (χ0n) is 17.9. The number of amides is 1. The summed E-state index contributed by atoms with van der Waals surface area (Å²) in [6.45, 7) is 6.48. The number of hydrogen-bond acceptors (Lipinski definition) is 6. The lowest BCUT2D eigenvalue weighted by molar-refractivity contribution is -0.120. The van der Waals surface area contributed by atoms with Gasteiger partial charge in [-0.1, -0.05) is 29.0 Å². The van der Waals surface area contributed by atoms with Gasteiger partial charge in [-0.3, -0.25) is 14.6 Å². The highest BCUT2D eigenvalue weighted by Crippen LogP contribution is 2.35. The van der Waals surface area contributed by atoms with E-state index in [0.717, 1.165) is 55.0 Å². The molecule has 2 aromatic carbocycles. The first-order chi connectivity index (χ1) is 15.5. The smallest absolute Gasteiger partial charge is 0.266 e. The normalized spacial score (nSPS) is 14.6. The lowest BCUT2D eigenvalue weighted by Gasteiger charge is -2.27. The van der Waals surface area contributed by atoms with Crippen LogP contribution < -0.4 is 9.64 Å². The Kier molecular flexibility index (Phi) is 7.57. The second-order valence-corrected chi connectivity index (χ2v) is 9.02. The van der Waals surface area contributed by atoms with E-state index in [1.807, 2.05) is 19.1 Å². The molecule has 0 radical (unpaired) electrons. The molecule has 0 N–H and O–H groups in total. The Hall–Kier alpha value is -2.26. The number of fused-ring (bicyclic) bond motifs is 1. The molecule has 4 rings (SSSR count). The zero-order valence-corrected chi connectivity index (χ0v) is 19.4. The molecule has 0 aliphatic carbocycles. The Bertz CT molecular complexity index is 1030. The Morgan fingerprint density at radius 3 is 2.72 bits per heavy atom. The Labute approximate surface area is 195 Å². The SMILES string of the molecule is Cc1ccc(Cl)c2sc(N(CCCN3CCOCC3)C(=O)COc3ccc(F)cc3)nc12. The molecule has 3 aromatic rings. The number of carbonyl (C=O) groups is 1. The van der Waals surface area contributed by atoms with Crippen molar-refractivity contribution < 1.29 is 18.7 Å². The summed E-state index contributed by atoms with van der Waals surface area (Å²) in [4.78, 5) is 21.9. The largest absolute Gasteiger partial charge is 0.484 e. The number of halogens is 2. The standard InChI is InChI=1S/C23H25ClFN3O3S/c1-16-3-8-19(24)22-21(16)26-23(32-22)28(10-2-9-27-11-13-30-14-12-27)20(29)15-31-18-6-4-17(25)5-7-18/h3-8H,2,9-15H2,1H3. The van der Waals surface area contributed by atoms with Gasteiger partial charge in [-0.05, 0) is 49.2 Å². The van der Waals surface area contributed by atoms with E-state index in [1.54, 1.807) is 4.90 Å². The number of aromatic nitrogens is 1. The number of thiazole rings is 1. The average Bonchev–Trinajstić information content (AvgIpc) is 3.26. The summed E-state index contributed by atoms with van der Waals surface area (Å²) in [7, 11) is 0. The van der Waals surface area contributed by atoms with Gasteiger partial charge in [-0.25, -0.2) is 9.37 Å². The van der Waals surface area contributed by atoms with Crippen molar-refractivity contribution in [1.29, 1.82) is 0 Å². The molecule has 1 amide bonds. The van der Waals surface area contributed by atoms with Gasteiger partial charge in [-0.15, -0.1) is 0 Å². The molecule has 32 heavy (non-hydrogen) atoms. The number of carbonyl (C=O) groups excluding carboxylic acids is 1. The first kappa shape index (κ1) is 22.9. The van der Waals surface area contributed by atoms with E-state index in [1.165, 1.54) is 35.6 Å². The Balaban J connectivity index is 1.50. The van der Waals surface area contributed by atoms with Crippen LogP contribution in [-0.4, -0.2) is 61.8 Å². The van der Waals surface area contributed by atoms with Gasteiger partial charge in [0, 0.05) is 26.2 Å². The minimum atomic E-state index is -0.352. The molecule has 170 valence electrons. The molecule has 1 aromatic heterocycles. The summed E-state index contributed by atoms with van der Waals surface area (Å²) in [5, 5.41) is 1.23. The number of benzene rings is 2. The lowest BCUT2D eigenvalue weighted by atomic mass is 10.2. The van der Waals surface area contributed by atoms with E-state index in [0.29, 0.717) is 22.4 Å². The molecule has 1 fully saturated rings. The van der Waals surface area contributed by atoms with E-state index in [-0.39, 0.29) is 18.3 Å². The fourth-order valence-corrected chi connectivity index (χ4v) is 4.92. The van der Waals surface area contributed by atoms with Crippen molar-refractivity contribution in [3.63, 3.8) is 0 Å². The van der Waals surface area contributed by atoms with Crippen molar-refractivity contribution in [2.75, 3.05) is 50.9 Å². The molecule has 2 heterocycles. The number of ether oxygens (including phenoxy) is 2. The summed E-state index contributed by atoms with van der Waals surface area (Å²) < 4.78 is 25.0. The van der Waals surface area contributed by atoms with Crippen LogP contribution in [0.25, 0.3) is 10.2 Å². The predicted molar refractivity (Wildman–Crippen MR) is 125 cm³/mol. The van der Waals surface area contributed by atoms with E-state index in [4.69, 9.17) is 26.1 Å². The van der Waals surface area contributed by atoms with Crippen molar-refractivity contribution in [3.05, 3.63) is 52.8 Å². The van der Waals surface area contributed by atoms with Crippen LogP contribution in [0.3, 0.4) is 0 Å². The van der Waals surface area contributed by atoms with Gasteiger partial charge in [0.15, 0.2) is 11.7 Å². The molecule has 1 aliphatic heterocycles. The number of nitrogens with zero attached hydrogens (tertiary/aromatic N) is 3. The van der Waals surface area contributed by atoms with Crippen molar-refractivity contribution in [2.45, 2.75) is 13.3 Å². The van der Waals surface area contributed by atoms with Crippen molar-refractivity contribution in [3.8, 4) is 5.75 Å². The number of aryl methyl sites for hydroxylation is 1. The number of anilines is 1. The van der Waals surface area contributed by atoms with Crippen LogP contribution in [0.1, 0.15) is 12.0 Å². The van der Waals surface area contributed by atoms with Gasteiger partial charge >= 0.3 is 0 Å². The molecule has 0 unspecified atom stereocenters. The summed E-state index contributed by atoms with van der Waals surface area (Å²) >= 11 is 7.79. The molecule has 1 saturated heterocycles. The third kappa shape index (κ3) is 5.56. The molecule has 9 heteroatoms. The van der Waals surface area contributed by atoms with E-state index in [2.05, 4.69) is 4.90 Å². The summed E-state index contributed by atoms with van der Waals surface area (Å²) in [5.41, 5.74) is 1.82. The van der Waals surface area contributed by atoms with Crippen LogP contribution in [-0.2, 0) is 9.53 Å². The van der Waals surface area contributed by atoms with Crippen LogP contribution >= 0.6 is 22.9 Å². The predicted octanol–water partition coefficient (Wildman–Crippen LogP) is 4.53. The summed E-state index contributed by atoms with van der Waals surface area (Å²) in [5.74, 6) is -0.115. The number of hydrogen-bond donors (Lipinski definition) is 0. The molecular formula is C23H25ClFN3O3S. The summed E-state index contributed by atoms with van der Waals surface area (Å²) in [6.07, 6.45) is 0.797. The van der Waals surface area contributed by atoms with Gasteiger partial charge in [-0.2, -0.15) is 0 Å². The van der Waals surface area contributed by atoms with E-state index in [9.17, 15) is 9.18 Å². The van der Waals surface area contributed by atoms with Gasteiger partial charge in [0.25, 0.3) is 5.91 Å². The van der Waals surface area contributed by atoms with Crippen LogP contribution in [0.15, 0.2) is 36.4 Å². The molecule has 0 spiro atoms. The topological polar surface area (TPSA) is 54.9 Å². The van der Waals surface area contributed by atoms with E-state index >= 15 is 0 Å². The first-order valence-corrected chi connectivity index (χ1v) is 11.7. The van der Waals surface area contributed by atoms with Crippen LogP contribution in [0, 0.1) is 12.7 Å². The van der Waals surface area contributed by atoms with Gasteiger partial charge < -0.3 is 9.47 Å². The Morgan fingerprint density at radius 2 is 2.00 bits per heavy atom. The minimum absolute atomic E-state index is 0.161. The van der Waals surface area contributed by atoms with E-state index < -0.39 is 0 Å². The fraction of sp³-hybridized carbons (Fsp3) is 0.391. The minimum Gasteiger partial charge on any atom is -0.484 e. The van der Waals surface area contributed by atoms with Gasteiger partial charge in [0.05, 0.1) is 28.5 Å². The molecule has 0 saturated carbocycles. The maximum atomic E-state index is 13.1. The van der Waals surface area contributed by atoms with Gasteiger partial charge in [0.2, 0.25) is 0 Å². The average molecular weight is 478 g/mol. The second kappa shape index (κ2) is 10.6. The molecule has 6 nitrogen and oxygen atoms in total. The quantitative estimate of drug-likeness (QED) is 0.477. The highest BCUT2D eigenvalue weighted by atomic mass is 35.5. The highest BCUT2D eigenvalue weighted by Gasteiger charge is 2.22. The van der Waals surface area contributed by atoms with Crippen molar-refractivity contribution >= 4 is 44.2 Å². The fourth-order valence-electron chi connectivity index (χ4n) is 3.56. The molecule has 0 atom stereocenters. The summed E-state index contributed by atoms with van der Waals surface area (Å²) in [6, 6.07) is 9.40. The van der Waals surface area contributed by atoms with Crippen LogP contribution in [0.4, 0.5) is 9.52 Å². The third-order valence-corrected chi connectivity index (χ3v) is 6.89. The van der Waals surface area contributed by atoms with Crippen LogP contribution in [0.2, 0.25) is 5.02 Å². The molecular weight excluding hydrogens is 453 g/mol. The monoisotopic (exact) mass is 477 g/mol. The number of morpholine rings is 1. The first-order valence-electron chi connectivity index (χ1n) is 10.6. The van der Waals surface area contributed by atoms with Gasteiger partial charge in [0.1, 0.15) is 11.6 Å². The molecule has 0 bridgehead atoms. The number of rotatable bonds is 8. The molecule has 1 aliphatic rings.